The second-order valence-corrected chi connectivity index (χ2v) is 10.2. The lowest BCUT2D eigenvalue weighted by Crippen LogP contribution is -2.52. The number of hydrogen-bond acceptors (Lipinski definition) is 2. The predicted molar refractivity (Wildman–Crippen MR) is 138 cm³/mol. The monoisotopic (exact) mass is 477 g/mol. The van der Waals surface area contributed by atoms with E-state index >= 15 is 0 Å². The lowest BCUT2D eigenvalue weighted by Gasteiger charge is -2.40. The Balaban J connectivity index is 1.81. The number of rotatable bonds is 6. The molecule has 0 saturated carbocycles. The van der Waals surface area contributed by atoms with Crippen LogP contribution in [0.1, 0.15) is 50.6 Å². The van der Waals surface area contributed by atoms with Crippen LogP contribution in [-0.2, 0) is 9.59 Å². The lowest BCUT2D eigenvalue weighted by molar-refractivity contribution is -0.144. The molecule has 0 aliphatic carbocycles. The van der Waals surface area contributed by atoms with Gasteiger partial charge in [0.05, 0.1) is 22.5 Å². The first-order valence-corrected chi connectivity index (χ1v) is 12.2. The summed E-state index contributed by atoms with van der Waals surface area (Å²) in [5, 5.41) is 0. The zero-order valence-corrected chi connectivity index (χ0v) is 21.2. The van der Waals surface area contributed by atoms with Crippen LogP contribution >= 0.6 is 11.6 Å². The topological polar surface area (TPSA) is 45.6 Å². The van der Waals surface area contributed by atoms with Gasteiger partial charge >= 0.3 is 0 Å². The standard InChI is InChI=1S/C28H32ClN3O2/c1-19(2)31(27(34)28(4,5)18-29)17-25(33)32-23-10-7-6-9-22(23)30-16-8-11-24(30)26(32)21-14-12-20(3)13-15-21/h6-16,19,26H,17-18H2,1-5H3/t26-/m1/s1. The zero-order valence-electron chi connectivity index (χ0n) is 20.5. The zero-order chi connectivity index (χ0) is 24.6. The molecule has 178 valence electrons. The van der Waals surface area contributed by atoms with Crippen LogP contribution in [0.4, 0.5) is 5.69 Å². The molecule has 1 aliphatic rings. The first kappa shape index (κ1) is 24.1. The maximum Gasteiger partial charge on any atom is 0.247 e. The Morgan fingerprint density at radius 1 is 1.00 bits per heavy atom. The number of halogens is 1. The lowest BCUT2D eigenvalue weighted by atomic mass is 9.93. The van der Waals surface area contributed by atoms with E-state index in [0.29, 0.717) is 0 Å². The minimum absolute atomic E-state index is 0.0196. The van der Waals surface area contributed by atoms with E-state index < -0.39 is 5.41 Å². The van der Waals surface area contributed by atoms with Gasteiger partial charge in [-0.15, -0.1) is 11.6 Å². The van der Waals surface area contributed by atoms with Gasteiger partial charge in [0, 0.05) is 18.1 Å². The maximum atomic E-state index is 14.1. The van der Waals surface area contributed by atoms with Crippen LogP contribution in [0.25, 0.3) is 5.69 Å². The molecule has 2 heterocycles. The van der Waals surface area contributed by atoms with Crippen molar-refractivity contribution in [2.75, 3.05) is 17.3 Å². The number of aromatic nitrogens is 1. The number of anilines is 1. The highest BCUT2D eigenvalue weighted by atomic mass is 35.5. The van der Waals surface area contributed by atoms with Crippen molar-refractivity contribution >= 4 is 29.1 Å². The quantitative estimate of drug-likeness (QED) is 0.426. The van der Waals surface area contributed by atoms with Crippen molar-refractivity contribution in [3.63, 3.8) is 0 Å². The number of alkyl halides is 1. The molecule has 3 aromatic rings. The van der Waals surface area contributed by atoms with Crippen LogP contribution < -0.4 is 4.90 Å². The summed E-state index contributed by atoms with van der Waals surface area (Å²) in [6.07, 6.45) is 2.03. The highest BCUT2D eigenvalue weighted by molar-refractivity contribution is 6.20. The van der Waals surface area contributed by atoms with Gasteiger partial charge in [0.2, 0.25) is 11.8 Å². The molecule has 2 amide bonds. The van der Waals surface area contributed by atoms with Gasteiger partial charge in [-0.05, 0) is 64.4 Å². The predicted octanol–water partition coefficient (Wildman–Crippen LogP) is 5.72. The minimum Gasteiger partial charge on any atom is -0.330 e. The fourth-order valence-corrected chi connectivity index (χ4v) is 4.60. The van der Waals surface area contributed by atoms with E-state index in [2.05, 4.69) is 41.8 Å². The smallest absolute Gasteiger partial charge is 0.247 e. The summed E-state index contributed by atoms with van der Waals surface area (Å²) in [5.41, 5.74) is 4.22. The van der Waals surface area contributed by atoms with Gasteiger partial charge in [-0.2, -0.15) is 0 Å². The molecule has 0 unspecified atom stereocenters. The van der Waals surface area contributed by atoms with Gasteiger partial charge in [-0.3, -0.25) is 14.5 Å². The molecule has 5 nitrogen and oxygen atoms in total. The van der Waals surface area contributed by atoms with Crippen molar-refractivity contribution in [2.45, 2.75) is 46.7 Å². The summed E-state index contributed by atoms with van der Waals surface area (Å²) < 4.78 is 2.14. The number of carbonyl (C=O) groups is 2. The molecule has 0 bridgehead atoms. The Hall–Kier alpha value is -3.05. The van der Waals surface area contributed by atoms with Gasteiger partial charge in [-0.1, -0.05) is 42.0 Å². The number of amides is 2. The average Bonchev–Trinajstić information content (AvgIpc) is 3.31. The molecule has 0 spiro atoms. The Kier molecular flexibility index (Phi) is 6.59. The van der Waals surface area contributed by atoms with E-state index in [1.54, 1.807) is 4.90 Å². The average molecular weight is 478 g/mol. The van der Waals surface area contributed by atoms with Gasteiger partial charge in [0.25, 0.3) is 0 Å². The molecule has 6 heteroatoms. The van der Waals surface area contributed by atoms with Gasteiger partial charge < -0.3 is 9.47 Å². The number of fused-ring (bicyclic) bond motifs is 3. The summed E-state index contributed by atoms with van der Waals surface area (Å²) in [7, 11) is 0. The second kappa shape index (κ2) is 9.30. The molecule has 0 radical (unpaired) electrons. The van der Waals surface area contributed by atoms with Crippen molar-refractivity contribution < 1.29 is 9.59 Å². The van der Waals surface area contributed by atoms with E-state index in [4.69, 9.17) is 11.6 Å². The Bertz CT molecular complexity index is 1200. The van der Waals surface area contributed by atoms with Gasteiger partial charge in [-0.25, -0.2) is 0 Å². The summed E-state index contributed by atoms with van der Waals surface area (Å²) >= 11 is 6.10. The van der Waals surface area contributed by atoms with E-state index in [1.165, 1.54) is 0 Å². The maximum absolute atomic E-state index is 14.1. The summed E-state index contributed by atoms with van der Waals surface area (Å²) in [6.45, 7) is 9.54. The fraction of sp³-hybridized carbons (Fsp3) is 0.357. The van der Waals surface area contributed by atoms with E-state index in [-0.39, 0.29) is 36.3 Å². The van der Waals surface area contributed by atoms with Crippen LogP contribution in [0.3, 0.4) is 0 Å². The number of nitrogens with zero attached hydrogens (tertiary/aromatic N) is 3. The van der Waals surface area contributed by atoms with Crippen LogP contribution in [0.5, 0.6) is 0 Å². The molecule has 1 atom stereocenters. The third-order valence-electron chi connectivity index (χ3n) is 6.48. The van der Waals surface area contributed by atoms with Crippen molar-refractivity contribution in [2.24, 2.45) is 5.41 Å². The highest BCUT2D eigenvalue weighted by Gasteiger charge is 2.39. The highest BCUT2D eigenvalue weighted by Crippen LogP contribution is 2.42. The normalized spacial score (nSPS) is 15.1. The van der Waals surface area contributed by atoms with Crippen LogP contribution in [0.2, 0.25) is 0 Å². The molecule has 4 rings (SSSR count). The summed E-state index contributed by atoms with van der Waals surface area (Å²) in [4.78, 5) is 30.9. The third-order valence-corrected chi connectivity index (χ3v) is 7.15. The van der Waals surface area contributed by atoms with Gasteiger partial charge in [0.15, 0.2) is 0 Å². The number of benzene rings is 2. The van der Waals surface area contributed by atoms with Crippen molar-refractivity contribution in [1.29, 1.82) is 0 Å². The first-order valence-electron chi connectivity index (χ1n) is 11.7. The number of carbonyl (C=O) groups excluding carboxylic acids is 2. The SMILES string of the molecule is Cc1ccc([C@@H]2c3cccn3-c3ccccc3N2C(=O)CN(C(=O)C(C)(C)CCl)C(C)C)cc1. The van der Waals surface area contributed by atoms with Crippen molar-refractivity contribution in [1.82, 2.24) is 9.47 Å². The molecule has 0 N–H and O–H groups in total. The molecule has 34 heavy (non-hydrogen) atoms. The van der Waals surface area contributed by atoms with Crippen molar-refractivity contribution in [3.8, 4) is 5.69 Å². The largest absolute Gasteiger partial charge is 0.330 e. The number of hydrogen-bond donors (Lipinski definition) is 0. The Labute approximate surface area is 206 Å². The molecule has 2 aromatic carbocycles. The van der Waals surface area contributed by atoms with Crippen molar-refractivity contribution in [3.05, 3.63) is 83.7 Å². The van der Waals surface area contributed by atoms with E-state index in [1.807, 2.05) is 69.1 Å². The molecule has 0 fully saturated rings. The van der Waals surface area contributed by atoms with E-state index in [9.17, 15) is 9.59 Å². The van der Waals surface area contributed by atoms with E-state index in [0.717, 1.165) is 28.2 Å². The first-order chi connectivity index (χ1) is 16.2. The minimum atomic E-state index is -0.753. The van der Waals surface area contributed by atoms with Crippen LogP contribution in [-0.4, -0.2) is 39.7 Å². The molecule has 0 saturated heterocycles. The number of para-hydroxylation sites is 2. The van der Waals surface area contributed by atoms with Crippen LogP contribution in [0.15, 0.2) is 66.9 Å². The number of aryl methyl sites for hydroxylation is 1. The molecule has 1 aliphatic heterocycles. The van der Waals surface area contributed by atoms with Crippen LogP contribution in [0, 0.1) is 12.3 Å². The molecular formula is C28H32ClN3O2. The summed E-state index contributed by atoms with van der Waals surface area (Å²) in [6, 6.07) is 19.8. The third kappa shape index (κ3) is 4.25. The molecule has 1 aromatic heterocycles. The fourth-order valence-electron chi connectivity index (χ4n) is 4.48. The second-order valence-electron chi connectivity index (χ2n) is 9.91. The Morgan fingerprint density at radius 3 is 2.26 bits per heavy atom. The molecular weight excluding hydrogens is 446 g/mol. The summed E-state index contributed by atoms with van der Waals surface area (Å²) in [5.74, 6) is -0.0562. The van der Waals surface area contributed by atoms with Gasteiger partial charge in [0.1, 0.15) is 12.6 Å². The Morgan fingerprint density at radius 2 is 1.65 bits per heavy atom.